The molecule has 0 saturated heterocycles. The highest BCUT2D eigenvalue weighted by atomic mass is 32.1. The minimum atomic E-state index is -0.583. The zero-order chi connectivity index (χ0) is 7.56. The van der Waals surface area contributed by atoms with E-state index < -0.39 is 6.10 Å². The van der Waals surface area contributed by atoms with Crippen LogP contribution in [-0.2, 0) is 0 Å². The van der Waals surface area contributed by atoms with Crippen LogP contribution >= 0.6 is 11.3 Å². The van der Waals surface area contributed by atoms with Crippen molar-refractivity contribution in [3.63, 3.8) is 0 Å². The van der Waals surface area contributed by atoms with E-state index >= 15 is 0 Å². The number of aromatic nitrogens is 1. The van der Waals surface area contributed by atoms with Crippen LogP contribution < -0.4 is 0 Å². The molecular formula is C7H9NOS. The van der Waals surface area contributed by atoms with Gasteiger partial charge in [0.05, 0.1) is 0 Å². The van der Waals surface area contributed by atoms with Gasteiger partial charge >= 0.3 is 0 Å². The van der Waals surface area contributed by atoms with E-state index in [1.165, 1.54) is 11.3 Å². The molecule has 1 aromatic heterocycles. The van der Waals surface area contributed by atoms with Crippen LogP contribution in [0, 0.1) is 0 Å². The maximum Gasteiger partial charge on any atom is 0.126 e. The predicted octanol–water partition coefficient (Wildman–Crippen LogP) is 1.75. The van der Waals surface area contributed by atoms with Gasteiger partial charge in [-0.25, -0.2) is 4.98 Å². The molecule has 1 rings (SSSR count). The van der Waals surface area contributed by atoms with Crippen molar-refractivity contribution < 1.29 is 5.11 Å². The fourth-order valence-corrected chi connectivity index (χ4v) is 1.29. The van der Waals surface area contributed by atoms with Gasteiger partial charge < -0.3 is 5.11 Å². The molecule has 3 heteroatoms. The number of rotatable bonds is 2. The normalized spacial score (nSPS) is 13.0. The second-order valence-electron chi connectivity index (χ2n) is 2.12. The SMILES string of the molecule is C=C(C)C(O)c1nccs1. The van der Waals surface area contributed by atoms with E-state index in [1.54, 1.807) is 13.1 Å². The largest absolute Gasteiger partial charge is 0.382 e. The van der Waals surface area contributed by atoms with Crippen LogP contribution in [-0.4, -0.2) is 10.1 Å². The first-order chi connectivity index (χ1) is 4.72. The van der Waals surface area contributed by atoms with E-state index in [9.17, 15) is 5.11 Å². The Morgan fingerprint density at radius 1 is 1.90 bits per heavy atom. The minimum Gasteiger partial charge on any atom is -0.382 e. The third-order valence-electron chi connectivity index (χ3n) is 1.15. The molecule has 0 fully saturated rings. The number of hydrogen-bond donors (Lipinski definition) is 1. The van der Waals surface area contributed by atoms with Gasteiger partial charge in [-0.05, 0) is 12.5 Å². The average molecular weight is 155 g/mol. The molecule has 1 N–H and O–H groups in total. The van der Waals surface area contributed by atoms with Crippen LogP contribution in [0.1, 0.15) is 18.0 Å². The van der Waals surface area contributed by atoms with E-state index in [1.807, 2.05) is 5.38 Å². The predicted molar refractivity (Wildman–Crippen MR) is 41.9 cm³/mol. The van der Waals surface area contributed by atoms with Crippen LogP contribution in [0.2, 0.25) is 0 Å². The molecule has 54 valence electrons. The molecule has 0 aliphatic carbocycles. The van der Waals surface area contributed by atoms with Crippen molar-refractivity contribution in [1.29, 1.82) is 0 Å². The van der Waals surface area contributed by atoms with Crippen LogP contribution in [0.4, 0.5) is 0 Å². The van der Waals surface area contributed by atoms with E-state index in [0.717, 1.165) is 5.57 Å². The summed E-state index contributed by atoms with van der Waals surface area (Å²) < 4.78 is 0. The first-order valence-corrected chi connectivity index (χ1v) is 3.82. The van der Waals surface area contributed by atoms with E-state index in [-0.39, 0.29) is 0 Å². The number of thiazole rings is 1. The number of nitrogens with zero attached hydrogens (tertiary/aromatic N) is 1. The lowest BCUT2D eigenvalue weighted by atomic mass is 10.2. The molecule has 1 heterocycles. The second kappa shape index (κ2) is 2.94. The number of aliphatic hydroxyl groups is 1. The summed E-state index contributed by atoms with van der Waals surface area (Å²) in [7, 11) is 0. The molecule has 0 spiro atoms. The molecule has 0 aliphatic rings. The summed E-state index contributed by atoms with van der Waals surface area (Å²) in [5, 5.41) is 11.9. The quantitative estimate of drug-likeness (QED) is 0.660. The second-order valence-corrected chi connectivity index (χ2v) is 3.05. The summed E-state index contributed by atoms with van der Waals surface area (Å²) in [6.07, 6.45) is 1.09. The summed E-state index contributed by atoms with van der Waals surface area (Å²) in [5.41, 5.74) is 0.731. The number of hydrogen-bond acceptors (Lipinski definition) is 3. The van der Waals surface area contributed by atoms with E-state index in [4.69, 9.17) is 0 Å². The fraction of sp³-hybridized carbons (Fsp3) is 0.286. The monoisotopic (exact) mass is 155 g/mol. The van der Waals surface area contributed by atoms with Crippen molar-refractivity contribution >= 4 is 11.3 Å². The first kappa shape index (κ1) is 7.44. The molecule has 1 atom stereocenters. The van der Waals surface area contributed by atoms with Crippen LogP contribution in [0.25, 0.3) is 0 Å². The van der Waals surface area contributed by atoms with Gasteiger partial charge in [-0.15, -0.1) is 11.3 Å². The van der Waals surface area contributed by atoms with E-state index in [0.29, 0.717) is 5.01 Å². The maximum atomic E-state index is 9.34. The Hall–Kier alpha value is -0.670. The van der Waals surface area contributed by atoms with Crippen molar-refractivity contribution in [2.75, 3.05) is 0 Å². The zero-order valence-electron chi connectivity index (χ0n) is 5.74. The smallest absolute Gasteiger partial charge is 0.126 e. The topological polar surface area (TPSA) is 33.1 Å². The Labute approximate surface area is 63.9 Å². The molecular weight excluding hydrogens is 146 g/mol. The Morgan fingerprint density at radius 3 is 3.00 bits per heavy atom. The summed E-state index contributed by atoms with van der Waals surface area (Å²) in [6.45, 7) is 5.41. The molecule has 0 saturated carbocycles. The van der Waals surface area contributed by atoms with Crippen LogP contribution in [0.3, 0.4) is 0 Å². The average Bonchev–Trinajstić information content (AvgIpc) is 2.36. The molecule has 0 aliphatic heterocycles. The van der Waals surface area contributed by atoms with Gasteiger partial charge in [0.15, 0.2) is 0 Å². The van der Waals surface area contributed by atoms with Crippen LogP contribution in [0.15, 0.2) is 23.7 Å². The summed E-state index contributed by atoms with van der Waals surface area (Å²) in [4.78, 5) is 3.95. The van der Waals surface area contributed by atoms with Gasteiger partial charge in [0.25, 0.3) is 0 Å². The Kier molecular flexibility index (Phi) is 2.19. The molecule has 10 heavy (non-hydrogen) atoms. The highest BCUT2D eigenvalue weighted by Gasteiger charge is 2.08. The van der Waals surface area contributed by atoms with Gasteiger partial charge in [-0.2, -0.15) is 0 Å². The third kappa shape index (κ3) is 1.43. The molecule has 0 amide bonds. The van der Waals surface area contributed by atoms with Crippen LogP contribution in [0.5, 0.6) is 0 Å². The summed E-state index contributed by atoms with van der Waals surface area (Å²) >= 11 is 1.44. The summed E-state index contributed by atoms with van der Waals surface area (Å²) in [6, 6.07) is 0. The van der Waals surface area contributed by atoms with Gasteiger partial charge in [0.2, 0.25) is 0 Å². The Balaban J connectivity index is 2.77. The van der Waals surface area contributed by atoms with Crippen molar-refractivity contribution in [1.82, 2.24) is 4.98 Å². The van der Waals surface area contributed by atoms with Gasteiger partial charge in [0, 0.05) is 11.6 Å². The Bertz CT molecular complexity index is 218. The molecule has 0 aromatic carbocycles. The van der Waals surface area contributed by atoms with Crippen molar-refractivity contribution in [3.8, 4) is 0 Å². The minimum absolute atomic E-state index is 0.583. The molecule has 0 radical (unpaired) electrons. The standard InChI is InChI=1S/C7H9NOS/c1-5(2)6(9)7-8-3-4-10-7/h3-4,6,9H,1H2,2H3. The van der Waals surface area contributed by atoms with Crippen molar-refractivity contribution in [3.05, 3.63) is 28.7 Å². The molecule has 1 aromatic rings. The highest BCUT2D eigenvalue weighted by molar-refractivity contribution is 7.09. The fourth-order valence-electron chi connectivity index (χ4n) is 0.580. The zero-order valence-corrected chi connectivity index (χ0v) is 6.56. The lowest BCUT2D eigenvalue weighted by molar-refractivity contribution is 0.216. The first-order valence-electron chi connectivity index (χ1n) is 2.94. The molecule has 2 nitrogen and oxygen atoms in total. The lowest BCUT2D eigenvalue weighted by Crippen LogP contribution is -1.95. The lowest BCUT2D eigenvalue weighted by Gasteiger charge is -2.04. The van der Waals surface area contributed by atoms with Gasteiger partial charge in [-0.1, -0.05) is 6.58 Å². The van der Waals surface area contributed by atoms with Crippen molar-refractivity contribution in [2.24, 2.45) is 0 Å². The molecule has 1 unspecified atom stereocenters. The van der Waals surface area contributed by atoms with E-state index in [2.05, 4.69) is 11.6 Å². The highest BCUT2D eigenvalue weighted by Crippen LogP contribution is 2.20. The van der Waals surface area contributed by atoms with Gasteiger partial charge in [0.1, 0.15) is 11.1 Å². The summed E-state index contributed by atoms with van der Waals surface area (Å²) in [5.74, 6) is 0. The molecule has 0 bridgehead atoms. The third-order valence-corrected chi connectivity index (χ3v) is 1.98. The number of aliphatic hydroxyl groups excluding tert-OH is 1. The van der Waals surface area contributed by atoms with Gasteiger partial charge in [-0.3, -0.25) is 0 Å². The maximum absolute atomic E-state index is 9.34. The Morgan fingerprint density at radius 2 is 2.60 bits per heavy atom. The van der Waals surface area contributed by atoms with Crippen molar-refractivity contribution in [2.45, 2.75) is 13.0 Å².